The van der Waals surface area contributed by atoms with Crippen LogP contribution in [0.25, 0.3) is 0 Å². The Hall–Kier alpha value is -2.15. The Balaban J connectivity index is 1.90. The van der Waals surface area contributed by atoms with Crippen LogP contribution in [0.1, 0.15) is 43.6 Å². The van der Waals surface area contributed by atoms with Crippen molar-refractivity contribution in [2.45, 2.75) is 44.8 Å². The molecule has 1 N–H and O–H groups in total. The van der Waals surface area contributed by atoms with Crippen LogP contribution in [0.4, 0.5) is 0 Å². The molecule has 1 aromatic carbocycles. The number of benzene rings is 1. The number of nitrogens with zero attached hydrogens (tertiary/aromatic N) is 3. The summed E-state index contributed by atoms with van der Waals surface area (Å²) in [5.41, 5.74) is 1.63. The normalized spacial score (nSPS) is 11.3. The number of nitrogens with one attached hydrogen (secondary N) is 1. The standard InChI is InChI=1S/C17H22N4O2S/c1-5-21-11-18-20-16(21)24-10-14(22)19-15(23)12-6-8-13(9-7-12)17(2,3)4/h6-9,11H,5,10H2,1-4H3,(H,19,22,23). The molecule has 0 spiro atoms. The Labute approximate surface area is 146 Å². The number of imide groups is 1. The van der Waals surface area contributed by atoms with Gasteiger partial charge in [-0.25, -0.2) is 0 Å². The lowest BCUT2D eigenvalue weighted by molar-refractivity contribution is -0.117. The second-order valence-electron chi connectivity index (χ2n) is 6.39. The molecule has 0 aliphatic heterocycles. The third kappa shape index (κ3) is 4.67. The van der Waals surface area contributed by atoms with Crippen molar-refractivity contribution in [3.05, 3.63) is 41.7 Å². The van der Waals surface area contributed by atoms with Gasteiger partial charge >= 0.3 is 0 Å². The maximum Gasteiger partial charge on any atom is 0.257 e. The number of hydrogen-bond donors (Lipinski definition) is 1. The summed E-state index contributed by atoms with van der Waals surface area (Å²) in [5.74, 6) is -0.626. The van der Waals surface area contributed by atoms with Crippen LogP contribution in [-0.2, 0) is 16.8 Å². The summed E-state index contributed by atoms with van der Waals surface area (Å²) in [7, 11) is 0. The largest absolute Gasteiger partial charge is 0.309 e. The molecule has 0 aliphatic rings. The summed E-state index contributed by atoms with van der Waals surface area (Å²) in [6, 6.07) is 7.31. The molecule has 7 heteroatoms. The first-order valence-corrected chi connectivity index (χ1v) is 8.75. The van der Waals surface area contributed by atoms with E-state index in [4.69, 9.17) is 0 Å². The molecule has 1 heterocycles. The highest BCUT2D eigenvalue weighted by Gasteiger charge is 2.16. The number of carbonyl (C=O) groups is 2. The Morgan fingerprint density at radius 3 is 2.46 bits per heavy atom. The van der Waals surface area contributed by atoms with E-state index in [9.17, 15) is 9.59 Å². The molecule has 128 valence electrons. The van der Waals surface area contributed by atoms with E-state index >= 15 is 0 Å². The molecule has 0 aliphatic carbocycles. The van der Waals surface area contributed by atoms with Gasteiger partial charge in [0.2, 0.25) is 5.91 Å². The van der Waals surface area contributed by atoms with Crippen molar-refractivity contribution in [3.63, 3.8) is 0 Å². The SMILES string of the molecule is CCn1cnnc1SCC(=O)NC(=O)c1ccc(C(C)(C)C)cc1. The molecule has 1 aromatic heterocycles. The van der Waals surface area contributed by atoms with Crippen molar-refractivity contribution in [2.75, 3.05) is 5.75 Å². The lowest BCUT2D eigenvalue weighted by atomic mass is 9.87. The third-order valence-electron chi connectivity index (χ3n) is 3.52. The number of thioether (sulfide) groups is 1. The van der Waals surface area contributed by atoms with Crippen molar-refractivity contribution in [2.24, 2.45) is 0 Å². The minimum atomic E-state index is -0.391. The van der Waals surface area contributed by atoms with Crippen LogP contribution in [0.3, 0.4) is 0 Å². The summed E-state index contributed by atoms with van der Waals surface area (Å²) < 4.78 is 1.84. The minimum Gasteiger partial charge on any atom is -0.309 e. The van der Waals surface area contributed by atoms with Crippen molar-refractivity contribution in [3.8, 4) is 0 Å². The van der Waals surface area contributed by atoms with E-state index in [1.165, 1.54) is 11.8 Å². The van der Waals surface area contributed by atoms with E-state index < -0.39 is 5.91 Å². The number of amides is 2. The van der Waals surface area contributed by atoms with E-state index in [0.717, 1.165) is 12.1 Å². The van der Waals surface area contributed by atoms with Crippen molar-refractivity contribution >= 4 is 23.6 Å². The summed E-state index contributed by atoms with van der Waals surface area (Å²) in [4.78, 5) is 24.1. The summed E-state index contributed by atoms with van der Waals surface area (Å²) in [5, 5.41) is 10.8. The van der Waals surface area contributed by atoms with E-state index in [1.54, 1.807) is 18.5 Å². The van der Waals surface area contributed by atoms with Crippen LogP contribution in [0.5, 0.6) is 0 Å². The van der Waals surface area contributed by atoms with Gasteiger partial charge in [-0.3, -0.25) is 14.9 Å². The summed E-state index contributed by atoms with van der Waals surface area (Å²) in [6.07, 6.45) is 1.61. The van der Waals surface area contributed by atoms with Gasteiger partial charge in [0, 0.05) is 12.1 Å². The fraction of sp³-hybridized carbons (Fsp3) is 0.412. The van der Waals surface area contributed by atoms with Crippen LogP contribution in [0.2, 0.25) is 0 Å². The molecule has 0 saturated heterocycles. The predicted octanol–water partition coefficient (Wildman–Crippen LogP) is 2.64. The Bertz CT molecular complexity index is 717. The maximum absolute atomic E-state index is 12.1. The summed E-state index contributed by atoms with van der Waals surface area (Å²) >= 11 is 1.25. The van der Waals surface area contributed by atoms with Crippen LogP contribution in [0, 0.1) is 0 Å². The van der Waals surface area contributed by atoms with Crippen molar-refractivity contribution in [1.82, 2.24) is 20.1 Å². The summed E-state index contributed by atoms with van der Waals surface area (Å²) in [6.45, 7) is 9.03. The number of aryl methyl sites for hydroxylation is 1. The van der Waals surface area contributed by atoms with E-state index in [-0.39, 0.29) is 17.1 Å². The number of aromatic nitrogens is 3. The first kappa shape index (κ1) is 18.2. The smallest absolute Gasteiger partial charge is 0.257 e. The Morgan fingerprint density at radius 2 is 1.88 bits per heavy atom. The van der Waals surface area contributed by atoms with E-state index in [0.29, 0.717) is 10.7 Å². The average Bonchev–Trinajstić information content (AvgIpc) is 2.99. The third-order valence-corrected chi connectivity index (χ3v) is 4.50. The second kappa shape index (κ2) is 7.61. The van der Waals surface area contributed by atoms with Crippen LogP contribution >= 0.6 is 11.8 Å². The highest BCUT2D eigenvalue weighted by Crippen LogP contribution is 2.22. The Morgan fingerprint density at radius 1 is 1.21 bits per heavy atom. The average molecular weight is 346 g/mol. The molecule has 2 aromatic rings. The lowest BCUT2D eigenvalue weighted by Gasteiger charge is -2.18. The zero-order valence-electron chi connectivity index (χ0n) is 14.4. The van der Waals surface area contributed by atoms with Gasteiger partial charge in [-0.2, -0.15) is 0 Å². The van der Waals surface area contributed by atoms with Gasteiger partial charge in [-0.1, -0.05) is 44.7 Å². The lowest BCUT2D eigenvalue weighted by Crippen LogP contribution is -2.32. The van der Waals surface area contributed by atoms with Gasteiger partial charge in [-0.05, 0) is 30.0 Å². The first-order valence-electron chi connectivity index (χ1n) is 7.76. The van der Waals surface area contributed by atoms with Gasteiger partial charge in [0.25, 0.3) is 5.91 Å². The zero-order valence-corrected chi connectivity index (χ0v) is 15.2. The zero-order chi connectivity index (χ0) is 17.7. The van der Waals surface area contributed by atoms with Gasteiger partial charge < -0.3 is 4.57 Å². The van der Waals surface area contributed by atoms with Crippen molar-refractivity contribution in [1.29, 1.82) is 0 Å². The highest BCUT2D eigenvalue weighted by molar-refractivity contribution is 7.99. The quantitative estimate of drug-likeness (QED) is 0.842. The monoisotopic (exact) mass is 346 g/mol. The van der Waals surface area contributed by atoms with Crippen molar-refractivity contribution < 1.29 is 9.59 Å². The van der Waals surface area contributed by atoms with Gasteiger partial charge in [0.15, 0.2) is 5.16 Å². The molecule has 0 unspecified atom stereocenters. The molecule has 0 saturated carbocycles. The van der Waals surface area contributed by atoms with Gasteiger partial charge in [0.05, 0.1) is 5.75 Å². The molecule has 6 nitrogen and oxygen atoms in total. The fourth-order valence-electron chi connectivity index (χ4n) is 2.06. The second-order valence-corrected chi connectivity index (χ2v) is 7.34. The van der Waals surface area contributed by atoms with Gasteiger partial charge in [-0.15, -0.1) is 10.2 Å². The number of hydrogen-bond acceptors (Lipinski definition) is 5. The van der Waals surface area contributed by atoms with E-state index in [2.05, 4.69) is 36.3 Å². The first-order chi connectivity index (χ1) is 11.3. The molecule has 2 rings (SSSR count). The molecule has 24 heavy (non-hydrogen) atoms. The Kier molecular flexibility index (Phi) is 5.77. The van der Waals surface area contributed by atoms with Gasteiger partial charge in [0.1, 0.15) is 6.33 Å². The molecule has 2 amide bonds. The molecule has 0 bridgehead atoms. The maximum atomic E-state index is 12.1. The topological polar surface area (TPSA) is 76.9 Å². The van der Waals surface area contributed by atoms with Crippen LogP contribution < -0.4 is 5.32 Å². The minimum absolute atomic E-state index is 0.0245. The number of rotatable bonds is 5. The molecule has 0 atom stereocenters. The number of carbonyl (C=O) groups excluding carboxylic acids is 2. The van der Waals surface area contributed by atoms with Crippen LogP contribution in [0.15, 0.2) is 35.7 Å². The predicted molar refractivity (Wildman–Crippen MR) is 94.0 cm³/mol. The van der Waals surface area contributed by atoms with E-state index in [1.807, 2.05) is 23.6 Å². The molecule has 0 radical (unpaired) electrons. The fourth-order valence-corrected chi connectivity index (χ4v) is 2.84. The highest BCUT2D eigenvalue weighted by atomic mass is 32.2. The molecular formula is C17H22N4O2S. The molecule has 0 fully saturated rings. The molecular weight excluding hydrogens is 324 g/mol. The van der Waals surface area contributed by atoms with Crippen LogP contribution in [-0.4, -0.2) is 32.3 Å².